The number of sulfonamides is 1. The van der Waals surface area contributed by atoms with E-state index in [9.17, 15) is 18.0 Å². The highest BCUT2D eigenvalue weighted by molar-refractivity contribution is 7.89. The zero-order valence-electron chi connectivity index (χ0n) is 15.4. The summed E-state index contributed by atoms with van der Waals surface area (Å²) in [5.74, 6) is -0.101. The number of methoxy groups -OCH3 is 1. The number of amides is 1. The SMILES string of the molecule is COC(CN)CC(=O)N1CCN(S(=O)(=O)c2ccc3[nH]c(=O)[nH]c3c2)CC1.Cl. The molecule has 0 radical (unpaired) electrons. The zero-order chi connectivity index (χ0) is 19.6. The summed E-state index contributed by atoms with van der Waals surface area (Å²) in [5.41, 5.74) is 6.12. The van der Waals surface area contributed by atoms with Crippen molar-refractivity contribution < 1.29 is 17.9 Å². The molecule has 1 aliphatic heterocycles. The smallest absolute Gasteiger partial charge is 0.323 e. The van der Waals surface area contributed by atoms with Crippen molar-refractivity contribution in [1.82, 2.24) is 19.2 Å². The second-order valence-electron chi connectivity index (χ2n) is 6.37. The Morgan fingerprint density at radius 3 is 2.46 bits per heavy atom. The number of imidazole rings is 1. The Morgan fingerprint density at radius 1 is 1.21 bits per heavy atom. The molecule has 0 spiro atoms. The van der Waals surface area contributed by atoms with Gasteiger partial charge in [0.05, 0.1) is 28.5 Å². The molecule has 0 bridgehead atoms. The molecular weight excluding hydrogens is 410 g/mol. The van der Waals surface area contributed by atoms with E-state index in [-0.39, 0.29) is 55.4 Å². The molecule has 1 aromatic carbocycles. The highest BCUT2D eigenvalue weighted by atomic mass is 35.5. The maximum atomic E-state index is 12.9. The quantitative estimate of drug-likeness (QED) is 0.559. The van der Waals surface area contributed by atoms with Crippen LogP contribution in [-0.4, -0.2) is 79.4 Å². The van der Waals surface area contributed by atoms with Gasteiger partial charge in [0.1, 0.15) is 0 Å². The summed E-state index contributed by atoms with van der Waals surface area (Å²) in [4.78, 5) is 30.5. The number of nitrogens with one attached hydrogen (secondary N) is 2. The molecule has 12 heteroatoms. The minimum Gasteiger partial charge on any atom is -0.380 e. The Kier molecular flexibility index (Phi) is 7.23. The summed E-state index contributed by atoms with van der Waals surface area (Å²) in [6.45, 7) is 1.27. The fourth-order valence-corrected chi connectivity index (χ4v) is 4.53. The molecule has 1 aliphatic rings. The molecule has 2 aromatic rings. The standard InChI is InChI=1S/C16H23N5O5S.ClH/c1-26-11(10-17)8-15(22)20-4-6-21(7-5-20)27(24,25)12-2-3-13-14(9-12)19-16(23)18-13;/h2-3,9,11H,4-8,10,17H2,1H3,(H2,18,19,23);1H. The van der Waals surface area contributed by atoms with E-state index in [1.54, 1.807) is 11.0 Å². The first-order valence-electron chi connectivity index (χ1n) is 8.58. The number of benzene rings is 1. The van der Waals surface area contributed by atoms with Gasteiger partial charge in [-0.25, -0.2) is 13.2 Å². The number of halogens is 1. The second-order valence-corrected chi connectivity index (χ2v) is 8.31. The van der Waals surface area contributed by atoms with Gasteiger partial charge in [-0.05, 0) is 18.2 Å². The number of aromatic nitrogens is 2. The highest BCUT2D eigenvalue weighted by Gasteiger charge is 2.30. The third-order valence-electron chi connectivity index (χ3n) is 4.72. The lowest BCUT2D eigenvalue weighted by molar-refractivity contribution is -0.134. The van der Waals surface area contributed by atoms with Crippen LogP contribution in [0.3, 0.4) is 0 Å². The van der Waals surface area contributed by atoms with E-state index in [4.69, 9.17) is 10.5 Å². The monoisotopic (exact) mass is 433 g/mol. The number of H-pyrrole nitrogens is 2. The lowest BCUT2D eigenvalue weighted by Gasteiger charge is -2.34. The van der Waals surface area contributed by atoms with Crippen LogP contribution in [0.4, 0.5) is 0 Å². The number of nitrogens with zero attached hydrogens (tertiary/aromatic N) is 2. The number of piperazine rings is 1. The van der Waals surface area contributed by atoms with Crippen LogP contribution in [0.2, 0.25) is 0 Å². The van der Waals surface area contributed by atoms with Crippen molar-refractivity contribution in [1.29, 1.82) is 0 Å². The Bertz CT molecular complexity index is 977. The number of fused-ring (bicyclic) bond motifs is 1. The van der Waals surface area contributed by atoms with Crippen molar-refractivity contribution in [2.75, 3.05) is 39.8 Å². The van der Waals surface area contributed by atoms with Gasteiger partial charge in [-0.1, -0.05) is 0 Å². The fourth-order valence-electron chi connectivity index (χ4n) is 3.09. The number of hydrogen-bond acceptors (Lipinski definition) is 6. The van der Waals surface area contributed by atoms with Crippen molar-refractivity contribution in [3.05, 3.63) is 28.7 Å². The van der Waals surface area contributed by atoms with Crippen LogP contribution in [0.15, 0.2) is 27.9 Å². The molecule has 0 aliphatic carbocycles. The minimum atomic E-state index is -3.71. The molecule has 0 saturated carbocycles. The fraction of sp³-hybridized carbons (Fsp3) is 0.500. The van der Waals surface area contributed by atoms with Gasteiger partial charge in [0, 0.05) is 39.8 Å². The van der Waals surface area contributed by atoms with E-state index in [0.29, 0.717) is 24.1 Å². The summed E-state index contributed by atoms with van der Waals surface area (Å²) in [5, 5.41) is 0. The number of carbonyl (C=O) groups excluding carboxylic acids is 1. The predicted molar refractivity (Wildman–Crippen MR) is 106 cm³/mol. The number of aromatic amines is 2. The van der Waals surface area contributed by atoms with Crippen LogP contribution in [0.5, 0.6) is 0 Å². The molecule has 3 rings (SSSR count). The number of rotatable bonds is 6. The Hall–Kier alpha value is -1.92. The molecule has 156 valence electrons. The number of nitrogens with two attached hydrogens (primary N) is 1. The molecule has 28 heavy (non-hydrogen) atoms. The van der Waals surface area contributed by atoms with Crippen LogP contribution < -0.4 is 11.4 Å². The van der Waals surface area contributed by atoms with Crippen molar-refractivity contribution in [2.45, 2.75) is 17.4 Å². The van der Waals surface area contributed by atoms with Gasteiger partial charge in [0.15, 0.2) is 0 Å². The highest BCUT2D eigenvalue weighted by Crippen LogP contribution is 2.21. The second kappa shape index (κ2) is 9.05. The van der Waals surface area contributed by atoms with E-state index < -0.39 is 15.7 Å². The Labute approximate surface area is 168 Å². The van der Waals surface area contributed by atoms with Gasteiger partial charge in [0.2, 0.25) is 15.9 Å². The lowest BCUT2D eigenvalue weighted by atomic mass is 10.2. The molecule has 1 amide bonds. The van der Waals surface area contributed by atoms with Crippen molar-refractivity contribution in [2.24, 2.45) is 5.73 Å². The molecule has 1 unspecified atom stereocenters. The minimum absolute atomic E-state index is 0. The van der Waals surface area contributed by atoms with Crippen molar-refractivity contribution in [3.63, 3.8) is 0 Å². The van der Waals surface area contributed by atoms with Gasteiger partial charge in [-0.15, -0.1) is 12.4 Å². The van der Waals surface area contributed by atoms with Crippen molar-refractivity contribution in [3.8, 4) is 0 Å². The molecule has 1 fully saturated rings. The Balaban J connectivity index is 0.00000280. The first-order valence-corrected chi connectivity index (χ1v) is 10.0. The summed E-state index contributed by atoms with van der Waals surface area (Å²) in [6.07, 6.45) is -0.161. The molecule has 1 aromatic heterocycles. The van der Waals surface area contributed by atoms with Crippen LogP contribution in [-0.2, 0) is 19.6 Å². The lowest BCUT2D eigenvalue weighted by Crippen LogP contribution is -2.51. The maximum Gasteiger partial charge on any atom is 0.323 e. The number of ether oxygens (including phenoxy) is 1. The van der Waals surface area contributed by atoms with Gasteiger partial charge in [-0.2, -0.15) is 4.31 Å². The van der Waals surface area contributed by atoms with Gasteiger partial charge < -0.3 is 25.3 Å². The average Bonchev–Trinajstić information content (AvgIpc) is 3.05. The van der Waals surface area contributed by atoms with Crippen LogP contribution in [0.1, 0.15) is 6.42 Å². The first-order chi connectivity index (χ1) is 12.8. The summed E-state index contributed by atoms with van der Waals surface area (Å²) in [7, 11) is -2.21. The van der Waals surface area contributed by atoms with Gasteiger partial charge in [0.25, 0.3) is 0 Å². The molecule has 1 atom stereocenters. The molecule has 2 heterocycles. The zero-order valence-corrected chi connectivity index (χ0v) is 17.0. The van der Waals surface area contributed by atoms with Crippen LogP contribution in [0.25, 0.3) is 11.0 Å². The topological polar surface area (TPSA) is 142 Å². The number of carbonyl (C=O) groups is 1. The van der Waals surface area contributed by atoms with E-state index in [1.165, 1.54) is 23.5 Å². The summed E-state index contributed by atoms with van der Waals surface area (Å²) in [6, 6.07) is 4.45. The van der Waals surface area contributed by atoms with E-state index in [1.807, 2.05) is 0 Å². The first kappa shape index (κ1) is 22.4. The summed E-state index contributed by atoms with van der Waals surface area (Å²) < 4.78 is 32.2. The molecule has 10 nitrogen and oxygen atoms in total. The molecular formula is C16H24ClN5O5S. The largest absolute Gasteiger partial charge is 0.380 e. The van der Waals surface area contributed by atoms with Gasteiger partial charge in [-0.3, -0.25) is 4.79 Å². The molecule has 4 N–H and O–H groups in total. The average molecular weight is 434 g/mol. The van der Waals surface area contributed by atoms with E-state index in [2.05, 4.69) is 9.97 Å². The van der Waals surface area contributed by atoms with Crippen molar-refractivity contribution >= 4 is 39.4 Å². The van der Waals surface area contributed by atoms with Gasteiger partial charge >= 0.3 is 5.69 Å². The predicted octanol–water partition coefficient (Wildman–Crippen LogP) is -0.525. The third kappa shape index (κ3) is 4.55. The summed E-state index contributed by atoms with van der Waals surface area (Å²) >= 11 is 0. The van der Waals surface area contributed by atoms with E-state index >= 15 is 0 Å². The normalized spacial score (nSPS) is 16.7. The van der Waals surface area contributed by atoms with E-state index in [0.717, 1.165) is 0 Å². The Morgan fingerprint density at radius 2 is 1.86 bits per heavy atom. The number of hydrogen-bond donors (Lipinski definition) is 3. The van der Waals surface area contributed by atoms with Crippen LogP contribution in [0, 0.1) is 0 Å². The maximum absolute atomic E-state index is 12.9. The third-order valence-corrected chi connectivity index (χ3v) is 6.61. The molecule has 1 saturated heterocycles. The van der Waals surface area contributed by atoms with Crippen LogP contribution >= 0.6 is 12.4 Å².